The average molecular weight is 301 g/mol. The Labute approximate surface area is 133 Å². The molecule has 0 spiro atoms. The predicted octanol–water partition coefficient (Wildman–Crippen LogP) is 3.90. The molecule has 23 heavy (non-hydrogen) atoms. The summed E-state index contributed by atoms with van der Waals surface area (Å²) in [6.45, 7) is 0. The molecular formula is C19H15N3O. The van der Waals surface area contributed by atoms with E-state index in [4.69, 9.17) is 0 Å². The summed E-state index contributed by atoms with van der Waals surface area (Å²) in [6, 6.07) is 19.8. The number of carbonyl (C=O) groups excluding carboxylic acids is 1. The van der Waals surface area contributed by atoms with E-state index in [-0.39, 0.29) is 5.91 Å². The highest BCUT2D eigenvalue weighted by Gasteiger charge is 2.08. The monoisotopic (exact) mass is 301 g/mol. The van der Waals surface area contributed by atoms with Crippen molar-refractivity contribution in [1.82, 2.24) is 9.97 Å². The van der Waals surface area contributed by atoms with E-state index in [0.717, 1.165) is 33.1 Å². The molecule has 3 aromatic carbocycles. The number of nitrogens with one attached hydrogen (secondary N) is 2. The molecule has 0 aliphatic heterocycles. The smallest absolute Gasteiger partial charge is 0.228 e. The molecule has 0 unspecified atom stereocenters. The van der Waals surface area contributed by atoms with Gasteiger partial charge in [-0.2, -0.15) is 0 Å². The minimum absolute atomic E-state index is 0.0276. The van der Waals surface area contributed by atoms with Gasteiger partial charge in [-0.1, -0.05) is 42.5 Å². The third-order valence-corrected chi connectivity index (χ3v) is 3.93. The van der Waals surface area contributed by atoms with Gasteiger partial charge in [0.2, 0.25) is 5.91 Å². The zero-order valence-electron chi connectivity index (χ0n) is 12.4. The number of benzene rings is 3. The van der Waals surface area contributed by atoms with E-state index < -0.39 is 0 Å². The van der Waals surface area contributed by atoms with E-state index in [1.54, 1.807) is 6.33 Å². The summed E-state index contributed by atoms with van der Waals surface area (Å²) in [5.74, 6) is -0.0276. The maximum Gasteiger partial charge on any atom is 0.228 e. The number of carbonyl (C=O) groups is 1. The molecular weight excluding hydrogens is 286 g/mol. The number of amides is 1. The van der Waals surface area contributed by atoms with Crippen molar-refractivity contribution < 1.29 is 4.79 Å². The Balaban J connectivity index is 1.57. The number of aromatic nitrogens is 2. The lowest BCUT2D eigenvalue weighted by Crippen LogP contribution is -2.14. The lowest BCUT2D eigenvalue weighted by atomic mass is 10.0. The summed E-state index contributed by atoms with van der Waals surface area (Å²) in [5, 5.41) is 5.22. The SMILES string of the molecule is O=C(Cc1cccc2ccccc12)Nc1ccc2nc[nH]c2c1. The molecule has 4 aromatic rings. The zero-order valence-corrected chi connectivity index (χ0v) is 12.4. The standard InChI is InChI=1S/C19H15N3O/c23-19(22-15-8-9-17-18(11-15)21-12-20-17)10-14-6-3-5-13-4-1-2-7-16(13)14/h1-9,11-12H,10H2,(H,20,21)(H,22,23). The molecule has 0 radical (unpaired) electrons. The average Bonchev–Trinajstić information content (AvgIpc) is 3.03. The number of anilines is 1. The fourth-order valence-corrected chi connectivity index (χ4v) is 2.84. The van der Waals surface area contributed by atoms with E-state index in [1.165, 1.54) is 0 Å². The fraction of sp³-hybridized carbons (Fsp3) is 0.0526. The van der Waals surface area contributed by atoms with Gasteiger partial charge in [-0.3, -0.25) is 4.79 Å². The molecule has 0 saturated carbocycles. The van der Waals surface area contributed by atoms with Gasteiger partial charge in [0.15, 0.2) is 0 Å². The fourth-order valence-electron chi connectivity index (χ4n) is 2.84. The van der Waals surface area contributed by atoms with E-state index in [0.29, 0.717) is 6.42 Å². The third-order valence-electron chi connectivity index (χ3n) is 3.93. The van der Waals surface area contributed by atoms with Gasteiger partial charge in [0.25, 0.3) is 0 Å². The molecule has 1 amide bonds. The van der Waals surface area contributed by atoms with Gasteiger partial charge < -0.3 is 10.3 Å². The molecule has 0 fully saturated rings. The Bertz CT molecular complexity index is 998. The lowest BCUT2D eigenvalue weighted by Gasteiger charge is -2.08. The minimum atomic E-state index is -0.0276. The molecule has 4 rings (SSSR count). The van der Waals surface area contributed by atoms with Crippen LogP contribution in [0.4, 0.5) is 5.69 Å². The molecule has 4 heteroatoms. The van der Waals surface area contributed by atoms with Crippen molar-refractivity contribution in [3.05, 3.63) is 72.6 Å². The van der Waals surface area contributed by atoms with Crippen molar-refractivity contribution in [3.8, 4) is 0 Å². The quantitative estimate of drug-likeness (QED) is 0.603. The Morgan fingerprint density at radius 1 is 1.04 bits per heavy atom. The predicted molar refractivity (Wildman–Crippen MR) is 92.4 cm³/mol. The van der Waals surface area contributed by atoms with E-state index >= 15 is 0 Å². The van der Waals surface area contributed by atoms with Gasteiger partial charge in [-0.15, -0.1) is 0 Å². The molecule has 0 atom stereocenters. The summed E-state index contributed by atoms with van der Waals surface area (Å²) >= 11 is 0. The van der Waals surface area contributed by atoms with Crippen molar-refractivity contribution in [2.75, 3.05) is 5.32 Å². The van der Waals surface area contributed by atoms with E-state index in [1.807, 2.05) is 42.5 Å². The molecule has 112 valence electrons. The number of hydrogen-bond donors (Lipinski definition) is 2. The van der Waals surface area contributed by atoms with Crippen LogP contribution in [-0.4, -0.2) is 15.9 Å². The third kappa shape index (κ3) is 2.66. The molecule has 4 nitrogen and oxygen atoms in total. The second-order valence-corrected chi connectivity index (χ2v) is 5.50. The van der Waals surface area contributed by atoms with Crippen molar-refractivity contribution >= 4 is 33.4 Å². The highest BCUT2D eigenvalue weighted by atomic mass is 16.1. The number of H-pyrrole nitrogens is 1. The summed E-state index contributed by atoms with van der Waals surface area (Å²) in [7, 11) is 0. The lowest BCUT2D eigenvalue weighted by molar-refractivity contribution is -0.115. The summed E-state index contributed by atoms with van der Waals surface area (Å²) in [6.07, 6.45) is 1.99. The maximum atomic E-state index is 12.4. The van der Waals surface area contributed by atoms with Crippen molar-refractivity contribution in [3.63, 3.8) is 0 Å². The largest absolute Gasteiger partial charge is 0.345 e. The second-order valence-electron chi connectivity index (χ2n) is 5.50. The van der Waals surface area contributed by atoms with Crippen LogP contribution < -0.4 is 5.32 Å². The molecule has 1 heterocycles. The van der Waals surface area contributed by atoms with Gasteiger partial charge in [-0.05, 0) is 34.5 Å². The van der Waals surface area contributed by atoms with Gasteiger partial charge >= 0.3 is 0 Å². The Hall–Kier alpha value is -3.14. The second kappa shape index (κ2) is 5.57. The Morgan fingerprint density at radius 3 is 2.87 bits per heavy atom. The Morgan fingerprint density at radius 2 is 1.91 bits per heavy atom. The first-order valence-corrected chi connectivity index (χ1v) is 7.49. The highest BCUT2D eigenvalue weighted by molar-refractivity contribution is 5.97. The number of rotatable bonds is 3. The van der Waals surface area contributed by atoms with Crippen LogP contribution in [0, 0.1) is 0 Å². The molecule has 0 bridgehead atoms. The van der Waals surface area contributed by atoms with Crippen LogP contribution in [-0.2, 0) is 11.2 Å². The summed E-state index contributed by atoms with van der Waals surface area (Å²) in [5.41, 5.74) is 3.60. The van der Waals surface area contributed by atoms with Crippen LogP contribution in [0.5, 0.6) is 0 Å². The van der Waals surface area contributed by atoms with Gasteiger partial charge in [-0.25, -0.2) is 4.98 Å². The van der Waals surface area contributed by atoms with Crippen LogP contribution >= 0.6 is 0 Å². The molecule has 1 aromatic heterocycles. The first kappa shape index (κ1) is 13.5. The molecule has 0 saturated heterocycles. The number of fused-ring (bicyclic) bond motifs is 2. The van der Waals surface area contributed by atoms with Gasteiger partial charge in [0.05, 0.1) is 23.8 Å². The van der Waals surface area contributed by atoms with Crippen LogP contribution in [0.3, 0.4) is 0 Å². The van der Waals surface area contributed by atoms with Crippen LogP contribution in [0.25, 0.3) is 21.8 Å². The first-order chi connectivity index (χ1) is 11.3. The number of imidazole rings is 1. The summed E-state index contributed by atoms with van der Waals surface area (Å²) in [4.78, 5) is 19.6. The van der Waals surface area contributed by atoms with Crippen molar-refractivity contribution in [2.45, 2.75) is 6.42 Å². The van der Waals surface area contributed by atoms with Crippen LogP contribution in [0.1, 0.15) is 5.56 Å². The maximum absolute atomic E-state index is 12.4. The van der Waals surface area contributed by atoms with Crippen molar-refractivity contribution in [1.29, 1.82) is 0 Å². The Kier molecular flexibility index (Phi) is 3.27. The van der Waals surface area contributed by atoms with Gasteiger partial charge in [0.1, 0.15) is 0 Å². The number of nitrogens with zero attached hydrogens (tertiary/aromatic N) is 1. The highest BCUT2D eigenvalue weighted by Crippen LogP contribution is 2.20. The first-order valence-electron chi connectivity index (χ1n) is 7.49. The van der Waals surface area contributed by atoms with Crippen molar-refractivity contribution in [2.24, 2.45) is 0 Å². The van der Waals surface area contributed by atoms with E-state index in [2.05, 4.69) is 33.5 Å². The minimum Gasteiger partial charge on any atom is -0.345 e. The zero-order chi connectivity index (χ0) is 15.6. The van der Waals surface area contributed by atoms with Crippen LogP contribution in [0.2, 0.25) is 0 Å². The van der Waals surface area contributed by atoms with Crippen LogP contribution in [0.15, 0.2) is 67.0 Å². The summed E-state index contributed by atoms with van der Waals surface area (Å²) < 4.78 is 0. The molecule has 2 N–H and O–H groups in total. The number of hydrogen-bond acceptors (Lipinski definition) is 2. The van der Waals surface area contributed by atoms with E-state index in [9.17, 15) is 4.79 Å². The topological polar surface area (TPSA) is 57.8 Å². The normalized spacial score (nSPS) is 11.0. The number of aromatic amines is 1. The molecule has 0 aliphatic carbocycles. The molecule has 0 aliphatic rings. The van der Waals surface area contributed by atoms with Gasteiger partial charge in [0, 0.05) is 5.69 Å².